The summed E-state index contributed by atoms with van der Waals surface area (Å²) in [4.78, 5) is 7.43. The van der Waals surface area contributed by atoms with Crippen LogP contribution in [0.1, 0.15) is 11.1 Å². The van der Waals surface area contributed by atoms with Gasteiger partial charge in [0.1, 0.15) is 5.82 Å². The average Bonchev–Trinajstić information content (AvgIpc) is 3.33. The molecule has 1 aliphatic heterocycles. The monoisotopic (exact) mass is 382 g/mol. The standard InChI is InChI=1S/C21H23FN4O2/c1-23-21(24-8-6-14-2-5-19-20(10-14)28-13-27-19)25-9-7-15-12-26-18-4-3-16(22)11-17(15)18/h2-5,10-12,26H,6-9,13H2,1H3,(H2,23,24,25). The Morgan fingerprint density at radius 1 is 1.07 bits per heavy atom. The van der Waals surface area contributed by atoms with Crippen molar-refractivity contribution in [3.05, 3.63) is 59.5 Å². The van der Waals surface area contributed by atoms with Crippen molar-refractivity contribution >= 4 is 16.9 Å². The quantitative estimate of drug-likeness (QED) is 0.453. The summed E-state index contributed by atoms with van der Waals surface area (Å²) in [6.45, 7) is 1.74. The van der Waals surface area contributed by atoms with Gasteiger partial charge in [0.05, 0.1) is 0 Å². The van der Waals surface area contributed by atoms with Crippen molar-refractivity contribution < 1.29 is 13.9 Å². The fourth-order valence-electron chi connectivity index (χ4n) is 3.32. The number of aromatic amines is 1. The molecule has 0 amide bonds. The summed E-state index contributed by atoms with van der Waals surface area (Å²) in [6, 6.07) is 10.8. The number of H-pyrrole nitrogens is 1. The number of hydrogen-bond acceptors (Lipinski definition) is 3. The maximum absolute atomic E-state index is 13.5. The Hall–Kier alpha value is -3.22. The molecule has 146 valence electrons. The van der Waals surface area contributed by atoms with Crippen LogP contribution in [0.2, 0.25) is 0 Å². The Bertz CT molecular complexity index is 999. The van der Waals surface area contributed by atoms with Crippen LogP contribution >= 0.6 is 0 Å². The number of aromatic nitrogens is 1. The van der Waals surface area contributed by atoms with Crippen LogP contribution in [0.5, 0.6) is 11.5 Å². The largest absolute Gasteiger partial charge is 0.454 e. The number of nitrogens with one attached hydrogen (secondary N) is 3. The van der Waals surface area contributed by atoms with Gasteiger partial charge in [0.2, 0.25) is 6.79 Å². The summed E-state index contributed by atoms with van der Waals surface area (Å²) < 4.78 is 24.2. The second-order valence-electron chi connectivity index (χ2n) is 6.62. The fraction of sp³-hybridized carbons (Fsp3) is 0.286. The van der Waals surface area contributed by atoms with Gasteiger partial charge in [-0.2, -0.15) is 0 Å². The van der Waals surface area contributed by atoms with Crippen LogP contribution in [0, 0.1) is 5.82 Å². The number of benzene rings is 2. The highest BCUT2D eigenvalue weighted by molar-refractivity contribution is 5.83. The van der Waals surface area contributed by atoms with Crippen molar-refractivity contribution in [3.8, 4) is 11.5 Å². The van der Waals surface area contributed by atoms with E-state index in [0.29, 0.717) is 6.54 Å². The lowest BCUT2D eigenvalue weighted by molar-refractivity contribution is 0.174. The molecule has 0 aliphatic carbocycles. The topological polar surface area (TPSA) is 70.7 Å². The normalized spacial score (nSPS) is 13.1. The van der Waals surface area contributed by atoms with Gasteiger partial charge in [0.25, 0.3) is 0 Å². The van der Waals surface area contributed by atoms with E-state index in [4.69, 9.17) is 9.47 Å². The van der Waals surface area contributed by atoms with E-state index in [1.54, 1.807) is 19.2 Å². The van der Waals surface area contributed by atoms with E-state index in [2.05, 4.69) is 20.6 Å². The van der Waals surface area contributed by atoms with Gasteiger partial charge in [-0.3, -0.25) is 4.99 Å². The Kier molecular flexibility index (Phi) is 5.32. The van der Waals surface area contributed by atoms with Crippen LogP contribution in [0.3, 0.4) is 0 Å². The molecule has 0 saturated heterocycles. The molecule has 7 heteroatoms. The summed E-state index contributed by atoms with van der Waals surface area (Å²) >= 11 is 0. The zero-order valence-corrected chi connectivity index (χ0v) is 15.7. The predicted octanol–water partition coefficient (Wildman–Crippen LogP) is 2.99. The molecule has 0 unspecified atom stereocenters. The minimum atomic E-state index is -0.220. The molecule has 0 atom stereocenters. The van der Waals surface area contributed by atoms with Crippen LogP contribution < -0.4 is 20.1 Å². The second-order valence-corrected chi connectivity index (χ2v) is 6.62. The van der Waals surface area contributed by atoms with Gasteiger partial charge in [0, 0.05) is 37.2 Å². The van der Waals surface area contributed by atoms with E-state index in [9.17, 15) is 4.39 Å². The molecule has 1 aromatic heterocycles. The molecule has 0 saturated carbocycles. The number of hydrogen-bond donors (Lipinski definition) is 3. The molecule has 28 heavy (non-hydrogen) atoms. The van der Waals surface area contributed by atoms with Crippen LogP contribution in [0.15, 0.2) is 47.6 Å². The highest BCUT2D eigenvalue weighted by Crippen LogP contribution is 2.32. The van der Waals surface area contributed by atoms with E-state index >= 15 is 0 Å². The Labute approximate surface area is 162 Å². The van der Waals surface area contributed by atoms with Gasteiger partial charge in [0.15, 0.2) is 17.5 Å². The number of rotatable bonds is 6. The van der Waals surface area contributed by atoms with Gasteiger partial charge >= 0.3 is 0 Å². The molecule has 0 bridgehead atoms. The minimum Gasteiger partial charge on any atom is -0.454 e. The third-order valence-corrected chi connectivity index (χ3v) is 4.78. The highest BCUT2D eigenvalue weighted by atomic mass is 19.1. The lowest BCUT2D eigenvalue weighted by Gasteiger charge is -2.12. The smallest absolute Gasteiger partial charge is 0.231 e. The zero-order valence-electron chi connectivity index (χ0n) is 15.7. The molecule has 1 aliphatic rings. The molecule has 0 fully saturated rings. The van der Waals surface area contributed by atoms with Crippen molar-refractivity contribution in [2.75, 3.05) is 26.9 Å². The van der Waals surface area contributed by atoms with Gasteiger partial charge in [-0.05, 0) is 54.3 Å². The summed E-state index contributed by atoms with van der Waals surface area (Å²) in [5, 5.41) is 7.54. The second kappa shape index (κ2) is 8.21. The molecule has 0 radical (unpaired) electrons. The number of halogens is 1. The Morgan fingerprint density at radius 2 is 1.89 bits per heavy atom. The molecule has 2 aromatic carbocycles. The maximum Gasteiger partial charge on any atom is 0.231 e. The zero-order chi connectivity index (χ0) is 19.3. The van der Waals surface area contributed by atoms with Crippen molar-refractivity contribution in [2.24, 2.45) is 4.99 Å². The Morgan fingerprint density at radius 3 is 2.75 bits per heavy atom. The first-order valence-corrected chi connectivity index (χ1v) is 9.31. The molecule has 3 aromatic rings. The summed E-state index contributed by atoms with van der Waals surface area (Å²) in [5.41, 5.74) is 3.20. The number of nitrogens with zero attached hydrogens (tertiary/aromatic N) is 1. The van der Waals surface area contributed by atoms with Crippen LogP contribution in [-0.2, 0) is 12.8 Å². The average molecular weight is 382 g/mol. The van der Waals surface area contributed by atoms with Gasteiger partial charge in [-0.15, -0.1) is 0 Å². The number of guanidine groups is 1. The van der Waals surface area contributed by atoms with E-state index in [0.717, 1.165) is 53.3 Å². The van der Waals surface area contributed by atoms with Crippen LogP contribution in [-0.4, -0.2) is 37.9 Å². The van der Waals surface area contributed by atoms with Crippen LogP contribution in [0.25, 0.3) is 10.9 Å². The molecule has 6 nitrogen and oxygen atoms in total. The van der Waals surface area contributed by atoms with Crippen LogP contribution in [0.4, 0.5) is 4.39 Å². The summed E-state index contributed by atoms with van der Waals surface area (Å²) in [5.74, 6) is 2.12. The number of fused-ring (bicyclic) bond motifs is 2. The first kappa shape index (κ1) is 18.2. The van der Waals surface area contributed by atoms with E-state index in [-0.39, 0.29) is 12.6 Å². The van der Waals surface area contributed by atoms with Gasteiger partial charge in [-0.1, -0.05) is 6.07 Å². The number of ether oxygens (including phenoxy) is 2. The van der Waals surface area contributed by atoms with Crippen molar-refractivity contribution in [1.29, 1.82) is 0 Å². The lowest BCUT2D eigenvalue weighted by atomic mass is 10.1. The lowest BCUT2D eigenvalue weighted by Crippen LogP contribution is -2.39. The Balaban J connectivity index is 1.25. The molecule has 4 rings (SSSR count). The fourth-order valence-corrected chi connectivity index (χ4v) is 3.32. The third-order valence-electron chi connectivity index (χ3n) is 4.78. The minimum absolute atomic E-state index is 0.220. The van der Waals surface area contributed by atoms with Crippen molar-refractivity contribution in [3.63, 3.8) is 0 Å². The first-order chi connectivity index (χ1) is 13.7. The van der Waals surface area contributed by atoms with Crippen molar-refractivity contribution in [2.45, 2.75) is 12.8 Å². The van der Waals surface area contributed by atoms with E-state index in [1.165, 1.54) is 11.6 Å². The molecular formula is C21H23FN4O2. The van der Waals surface area contributed by atoms with E-state index in [1.807, 2.05) is 24.4 Å². The maximum atomic E-state index is 13.5. The SMILES string of the molecule is CN=C(NCCc1ccc2c(c1)OCO2)NCCc1c[nH]c2ccc(F)cc12. The predicted molar refractivity (Wildman–Crippen MR) is 108 cm³/mol. The van der Waals surface area contributed by atoms with Crippen molar-refractivity contribution in [1.82, 2.24) is 15.6 Å². The third kappa shape index (κ3) is 4.03. The molecular weight excluding hydrogens is 359 g/mol. The molecule has 0 spiro atoms. The molecule has 2 heterocycles. The van der Waals surface area contributed by atoms with E-state index < -0.39 is 0 Å². The van der Waals surface area contributed by atoms with Gasteiger partial charge in [-0.25, -0.2) is 4.39 Å². The molecule has 3 N–H and O–H groups in total. The summed E-state index contributed by atoms with van der Waals surface area (Å²) in [6.07, 6.45) is 3.55. The first-order valence-electron chi connectivity index (χ1n) is 9.31. The summed E-state index contributed by atoms with van der Waals surface area (Å²) in [7, 11) is 1.75. The van der Waals surface area contributed by atoms with Gasteiger partial charge < -0.3 is 25.1 Å². The number of aliphatic imine (C=N–C) groups is 1. The highest BCUT2D eigenvalue weighted by Gasteiger charge is 2.13.